The molecular weight excluding hydrogens is 332 g/mol. The molecule has 0 fully saturated rings. The van der Waals surface area contributed by atoms with Crippen LogP contribution in [-0.4, -0.2) is 25.0 Å². The molecule has 0 amide bonds. The topological polar surface area (TPSA) is 101 Å². The quantitative estimate of drug-likeness (QED) is 0.430. The molecule has 0 saturated heterocycles. The second kappa shape index (κ2) is 8.99. The first kappa shape index (κ1) is 19.4. The van der Waals surface area contributed by atoms with Crippen LogP contribution in [0.1, 0.15) is 40.0 Å². The number of hydrogen-bond donors (Lipinski definition) is 4. The molecule has 6 N–H and O–H groups in total. The first-order chi connectivity index (χ1) is 12.0. The predicted molar refractivity (Wildman–Crippen MR) is 109 cm³/mol. The van der Waals surface area contributed by atoms with E-state index in [1.807, 2.05) is 0 Å². The summed E-state index contributed by atoms with van der Waals surface area (Å²) in [4.78, 5) is 9.99. The fourth-order valence-electron chi connectivity index (χ4n) is 2.94. The normalized spacial score (nSPS) is 22.5. The molecule has 7 heteroatoms. The Balaban J connectivity index is 2.08. The summed E-state index contributed by atoms with van der Waals surface area (Å²) in [6.45, 7) is 7.21. The molecule has 1 atom stereocenters. The number of allylic oxidation sites excluding steroid dienone is 3. The first-order valence-electron chi connectivity index (χ1n) is 8.81. The summed E-state index contributed by atoms with van der Waals surface area (Å²) in [6, 6.07) is 0. The Bertz CT molecular complexity index is 642. The van der Waals surface area contributed by atoms with Crippen LogP contribution in [-0.2, 0) is 0 Å². The number of dihydropyridines is 1. The van der Waals surface area contributed by atoms with Crippen LogP contribution in [0.15, 0.2) is 44.4 Å². The number of aliphatic imine (C=N–C) groups is 2. The van der Waals surface area contributed by atoms with Crippen molar-refractivity contribution in [3.63, 3.8) is 0 Å². The standard InChI is InChI=1S/C18H30N6S/c1-11(2)17(21-4)18-16(20)12(3)9-15(23-18)24-25-14(10-19)13-7-5-6-8-22-13/h9-12,23-24H,5-8,19-20H2,1-4H3. The Morgan fingerprint density at radius 1 is 1.48 bits per heavy atom. The highest BCUT2D eigenvalue weighted by Crippen LogP contribution is 2.24. The average molecular weight is 363 g/mol. The number of hydrogen-bond acceptors (Lipinski definition) is 7. The zero-order valence-corrected chi connectivity index (χ0v) is 16.4. The molecule has 2 rings (SSSR count). The molecule has 0 bridgehead atoms. The number of nitrogens with one attached hydrogen (secondary N) is 2. The molecule has 0 aliphatic carbocycles. The first-order valence-corrected chi connectivity index (χ1v) is 9.63. The van der Waals surface area contributed by atoms with Gasteiger partial charge in [0.15, 0.2) is 0 Å². The van der Waals surface area contributed by atoms with E-state index in [-0.39, 0.29) is 5.92 Å². The maximum absolute atomic E-state index is 6.30. The summed E-state index contributed by atoms with van der Waals surface area (Å²) < 4.78 is 3.36. The van der Waals surface area contributed by atoms with E-state index < -0.39 is 0 Å². The lowest BCUT2D eigenvalue weighted by Crippen LogP contribution is -2.36. The molecule has 0 radical (unpaired) electrons. The highest BCUT2D eigenvalue weighted by molar-refractivity contribution is 8.02. The SMILES string of the molecule is CN=C(C1=C(N)C(C)C=C(NSC(=CN)C2=NCCCC2)N1)C(C)C. The fraction of sp³-hybridized carbons (Fsp3) is 0.556. The molecular formula is C18H30N6S. The zero-order valence-electron chi connectivity index (χ0n) is 15.6. The Labute approximate surface area is 155 Å². The third-order valence-corrected chi connectivity index (χ3v) is 5.24. The maximum Gasteiger partial charge on any atom is 0.110 e. The third kappa shape index (κ3) is 4.81. The molecule has 1 unspecified atom stereocenters. The summed E-state index contributed by atoms with van der Waals surface area (Å²) in [5.74, 6) is 1.33. The number of rotatable bonds is 6. The van der Waals surface area contributed by atoms with Crippen LogP contribution in [0.2, 0.25) is 0 Å². The number of nitrogens with two attached hydrogens (primary N) is 2. The van der Waals surface area contributed by atoms with Gasteiger partial charge in [-0.05, 0) is 43.2 Å². The van der Waals surface area contributed by atoms with Crippen LogP contribution in [0.25, 0.3) is 0 Å². The molecule has 25 heavy (non-hydrogen) atoms. The van der Waals surface area contributed by atoms with E-state index in [0.29, 0.717) is 5.92 Å². The lowest BCUT2D eigenvalue weighted by atomic mass is 9.96. The third-order valence-electron chi connectivity index (χ3n) is 4.33. The van der Waals surface area contributed by atoms with Crippen molar-refractivity contribution >= 4 is 23.4 Å². The van der Waals surface area contributed by atoms with Gasteiger partial charge in [-0.1, -0.05) is 20.8 Å². The summed E-state index contributed by atoms with van der Waals surface area (Å²) in [5.41, 5.74) is 15.9. The van der Waals surface area contributed by atoms with Crippen molar-refractivity contribution in [3.05, 3.63) is 34.4 Å². The van der Waals surface area contributed by atoms with E-state index in [0.717, 1.165) is 52.9 Å². The van der Waals surface area contributed by atoms with Crippen molar-refractivity contribution in [2.24, 2.45) is 33.3 Å². The Hall–Kier alpha value is -1.89. The lowest BCUT2D eigenvalue weighted by molar-refractivity contribution is 0.732. The lowest BCUT2D eigenvalue weighted by Gasteiger charge is -2.27. The van der Waals surface area contributed by atoms with Crippen LogP contribution in [0.3, 0.4) is 0 Å². The largest absolute Gasteiger partial charge is 0.404 e. The van der Waals surface area contributed by atoms with E-state index in [1.165, 1.54) is 18.4 Å². The van der Waals surface area contributed by atoms with Gasteiger partial charge < -0.3 is 21.5 Å². The van der Waals surface area contributed by atoms with Gasteiger partial charge in [0, 0.05) is 31.4 Å². The minimum absolute atomic E-state index is 0.132. The minimum Gasteiger partial charge on any atom is -0.404 e. The van der Waals surface area contributed by atoms with Gasteiger partial charge in [-0.2, -0.15) is 0 Å². The highest BCUT2D eigenvalue weighted by Gasteiger charge is 2.23. The smallest absolute Gasteiger partial charge is 0.110 e. The molecule has 6 nitrogen and oxygen atoms in total. The maximum atomic E-state index is 6.30. The minimum atomic E-state index is 0.132. The predicted octanol–water partition coefficient (Wildman–Crippen LogP) is 2.63. The Kier molecular flexibility index (Phi) is 6.99. The van der Waals surface area contributed by atoms with Crippen LogP contribution in [0, 0.1) is 11.8 Å². The number of nitrogens with zero attached hydrogens (tertiary/aromatic N) is 2. The van der Waals surface area contributed by atoms with Gasteiger partial charge in [0.05, 0.1) is 22.0 Å². The summed E-state index contributed by atoms with van der Waals surface area (Å²) in [5, 5.41) is 3.39. The van der Waals surface area contributed by atoms with Crippen molar-refractivity contribution in [2.75, 3.05) is 13.6 Å². The summed E-state index contributed by atoms with van der Waals surface area (Å²) in [6.07, 6.45) is 7.02. The van der Waals surface area contributed by atoms with Crippen molar-refractivity contribution in [3.8, 4) is 0 Å². The van der Waals surface area contributed by atoms with Crippen molar-refractivity contribution in [2.45, 2.75) is 40.0 Å². The van der Waals surface area contributed by atoms with E-state index >= 15 is 0 Å². The molecule has 2 aliphatic heterocycles. The van der Waals surface area contributed by atoms with E-state index in [9.17, 15) is 0 Å². The molecule has 2 aliphatic rings. The average Bonchev–Trinajstić information content (AvgIpc) is 2.60. The Morgan fingerprint density at radius 2 is 2.24 bits per heavy atom. The van der Waals surface area contributed by atoms with E-state index in [1.54, 1.807) is 13.2 Å². The molecule has 138 valence electrons. The van der Waals surface area contributed by atoms with Crippen LogP contribution in [0.5, 0.6) is 0 Å². The molecule has 2 heterocycles. The van der Waals surface area contributed by atoms with Gasteiger partial charge in [-0.3, -0.25) is 9.98 Å². The second-order valence-electron chi connectivity index (χ2n) is 6.61. The molecule has 0 aromatic carbocycles. The van der Waals surface area contributed by atoms with Gasteiger partial charge in [-0.15, -0.1) is 0 Å². The van der Waals surface area contributed by atoms with Crippen LogP contribution >= 0.6 is 11.9 Å². The van der Waals surface area contributed by atoms with Crippen molar-refractivity contribution in [1.29, 1.82) is 0 Å². The second-order valence-corrected chi connectivity index (χ2v) is 7.46. The van der Waals surface area contributed by atoms with Gasteiger partial charge in [-0.25, -0.2) is 0 Å². The molecule has 0 aromatic heterocycles. The summed E-state index contributed by atoms with van der Waals surface area (Å²) in [7, 11) is 1.80. The van der Waals surface area contributed by atoms with Crippen molar-refractivity contribution < 1.29 is 0 Å². The zero-order chi connectivity index (χ0) is 18.4. The monoisotopic (exact) mass is 362 g/mol. The molecule has 0 saturated carbocycles. The highest BCUT2D eigenvalue weighted by atomic mass is 32.2. The molecule has 0 spiro atoms. The van der Waals surface area contributed by atoms with Gasteiger partial charge >= 0.3 is 0 Å². The molecule has 0 aromatic rings. The van der Waals surface area contributed by atoms with Gasteiger partial charge in [0.25, 0.3) is 0 Å². The van der Waals surface area contributed by atoms with Gasteiger partial charge in [0.1, 0.15) is 5.82 Å². The van der Waals surface area contributed by atoms with E-state index in [2.05, 4.69) is 46.9 Å². The van der Waals surface area contributed by atoms with Crippen molar-refractivity contribution in [1.82, 2.24) is 10.0 Å². The van der Waals surface area contributed by atoms with Crippen LogP contribution in [0.4, 0.5) is 0 Å². The van der Waals surface area contributed by atoms with E-state index in [4.69, 9.17) is 11.5 Å². The summed E-state index contributed by atoms with van der Waals surface area (Å²) >= 11 is 1.49. The fourth-order valence-corrected chi connectivity index (χ4v) is 3.64. The van der Waals surface area contributed by atoms with Gasteiger partial charge in [0.2, 0.25) is 0 Å². The van der Waals surface area contributed by atoms with Crippen LogP contribution < -0.4 is 21.5 Å². The Morgan fingerprint density at radius 3 is 2.80 bits per heavy atom.